The number of furan rings is 1. The first-order chi connectivity index (χ1) is 13.9. The van der Waals surface area contributed by atoms with Crippen LogP contribution in [-0.4, -0.2) is 55.9 Å². The van der Waals surface area contributed by atoms with Crippen molar-refractivity contribution in [2.45, 2.75) is 43.7 Å². The van der Waals surface area contributed by atoms with Gasteiger partial charge in [0, 0.05) is 24.7 Å². The largest absolute Gasteiger partial charge is 0.467 e. The van der Waals surface area contributed by atoms with Gasteiger partial charge in [-0.15, -0.1) is 0 Å². The summed E-state index contributed by atoms with van der Waals surface area (Å²) in [7, 11) is -3.66. The SMILES string of the molecule is Cc1ccc(S(=O)(=O)N2CCOCC2)cc1C(=O)N(C1CC1)C(C)c1ccco1. The molecule has 1 aliphatic heterocycles. The third-order valence-electron chi connectivity index (χ3n) is 5.59. The van der Waals surface area contributed by atoms with Gasteiger partial charge in [-0.1, -0.05) is 6.07 Å². The van der Waals surface area contributed by atoms with E-state index in [4.69, 9.17) is 9.15 Å². The predicted octanol–water partition coefficient (Wildman–Crippen LogP) is 2.97. The molecule has 0 spiro atoms. The summed E-state index contributed by atoms with van der Waals surface area (Å²) in [6.45, 7) is 5.19. The maximum atomic E-state index is 13.5. The van der Waals surface area contributed by atoms with Gasteiger partial charge in [0.2, 0.25) is 10.0 Å². The monoisotopic (exact) mass is 418 g/mol. The molecule has 7 nitrogen and oxygen atoms in total. The number of aryl methyl sites for hydroxylation is 1. The van der Waals surface area contributed by atoms with Crippen molar-refractivity contribution < 1.29 is 22.4 Å². The first-order valence-electron chi connectivity index (χ1n) is 9.94. The van der Waals surface area contributed by atoms with E-state index in [0.717, 1.165) is 24.2 Å². The third kappa shape index (κ3) is 3.97. The minimum atomic E-state index is -3.66. The van der Waals surface area contributed by atoms with Gasteiger partial charge < -0.3 is 14.1 Å². The minimum Gasteiger partial charge on any atom is -0.467 e. The van der Waals surface area contributed by atoms with Gasteiger partial charge in [0.25, 0.3) is 5.91 Å². The Balaban J connectivity index is 1.67. The van der Waals surface area contributed by atoms with E-state index in [1.807, 2.05) is 30.9 Å². The van der Waals surface area contributed by atoms with Crippen LogP contribution in [0.4, 0.5) is 0 Å². The zero-order valence-corrected chi connectivity index (χ0v) is 17.5. The number of rotatable bonds is 6. The van der Waals surface area contributed by atoms with Crippen LogP contribution in [0, 0.1) is 6.92 Å². The molecule has 1 unspecified atom stereocenters. The first kappa shape index (κ1) is 20.1. The first-order valence-corrected chi connectivity index (χ1v) is 11.4. The Morgan fingerprint density at radius 3 is 2.55 bits per heavy atom. The normalized spacial score (nSPS) is 19.1. The Labute approximate surface area is 171 Å². The van der Waals surface area contributed by atoms with Crippen LogP contribution >= 0.6 is 0 Å². The zero-order chi connectivity index (χ0) is 20.6. The van der Waals surface area contributed by atoms with E-state index in [2.05, 4.69) is 0 Å². The van der Waals surface area contributed by atoms with Crippen molar-refractivity contribution in [3.8, 4) is 0 Å². The summed E-state index contributed by atoms with van der Waals surface area (Å²) < 4.78 is 38.3. The van der Waals surface area contributed by atoms with Crippen LogP contribution in [0.2, 0.25) is 0 Å². The molecule has 1 aromatic heterocycles. The smallest absolute Gasteiger partial charge is 0.255 e. The summed E-state index contributed by atoms with van der Waals surface area (Å²) in [6, 6.07) is 8.41. The van der Waals surface area contributed by atoms with Crippen LogP contribution in [-0.2, 0) is 14.8 Å². The highest BCUT2D eigenvalue weighted by Gasteiger charge is 2.38. The molecule has 1 aliphatic carbocycles. The summed E-state index contributed by atoms with van der Waals surface area (Å²) in [4.78, 5) is 15.5. The average molecular weight is 419 g/mol. The van der Waals surface area contributed by atoms with E-state index in [1.165, 1.54) is 10.4 Å². The Morgan fingerprint density at radius 1 is 1.21 bits per heavy atom. The summed E-state index contributed by atoms with van der Waals surface area (Å²) in [6.07, 6.45) is 3.49. The maximum Gasteiger partial charge on any atom is 0.255 e. The van der Waals surface area contributed by atoms with Gasteiger partial charge in [-0.25, -0.2) is 8.42 Å². The quantitative estimate of drug-likeness (QED) is 0.721. The number of amides is 1. The molecule has 29 heavy (non-hydrogen) atoms. The van der Waals surface area contributed by atoms with Crippen molar-refractivity contribution in [1.82, 2.24) is 9.21 Å². The van der Waals surface area contributed by atoms with Crippen LogP contribution in [0.3, 0.4) is 0 Å². The molecule has 0 radical (unpaired) electrons. The topological polar surface area (TPSA) is 80.1 Å². The van der Waals surface area contributed by atoms with Crippen molar-refractivity contribution in [3.05, 3.63) is 53.5 Å². The van der Waals surface area contributed by atoms with E-state index in [1.54, 1.807) is 18.4 Å². The van der Waals surface area contributed by atoms with Crippen LogP contribution in [0.25, 0.3) is 0 Å². The number of morpholine rings is 1. The van der Waals surface area contributed by atoms with Gasteiger partial charge in [-0.3, -0.25) is 4.79 Å². The van der Waals surface area contributed by atoms with Crippen molar-refractivity contribution in [1.29, 1.82) is 0 Å². The highest BCUT2D eigenvalue weighted by Crippen LogP contribution is 2.36. The molecule has 4 rings (SSSR count). The molecule has 1 amide bonds. The summed E-state index contributed by atoms with van der Waals surface area (Å²) >= 11 is 0. The van der Waals surface area contributed by atoms with Crippen LogP contribution in [0.1, 0.15) is 47.5 Å². The molecule has 1 aromatic carbocycles. The van der Waals surface area contributed by atoms with Crippen molar-refractivity contribution in [3.63, 3.8) is 0 Å². The Hall–Kier alpha value is -2.16. The summed E-state index contributed by atoms with van der Waals surface area (Å²) in [5.41, 5.74) is 1.18. The number of hydrogen-bond donors (Lipinski definition) is 0. The lowest BCUT2D eigenvalue weighted by Crippen LogP contribution is -2.40. The second-order valence-electron chi connectivity index (χ2n) is 7.63. The van der Waals surface area contributed by atoms with Gasteiger partial charge in [-0.2, -0.15) is 4.31 Å². The average Bonchev–Trinajstić information content (AvgIpc) is 3.39. The minimum absolute atomic E-state index is 0.148. The van der Waals surface area contributed by atoms with E-state index in [-0.39, 0.29) is 22.9 Å². The van der Waals surface area contributed by atoms with E-state index in [9.17, 15) is 13.2 Å². The standard InChI is InChI=1S/C21H26N2O5S/c1-15-5-8-18(29(25,26)22-9-12-27-13-10-22)14-19(15)21(24)23(17-6-7-17)16(2)20-4-3-11-28-20/h3-5,8,11,14,16-17H,6-7,9-10,12-13H2,1-2H3. The van der Waals surface area contributed by atoms with Crippen LogP contribution < -0.4 is 0 Å². The van der Waals surface area contributed by atoms with Gasteiger partial charge in [-0.05, 0) is 56.5 Å². The Morgan fingerprint density at radius 2 is 1.93 bits per heavy atom. The lowest BCUT2D eigenvalue weighted by molar-refractivity contribution is 0.0651. The summed E-state index contributed by atoms with van der Waals surface area (Å²) in [5, 5.41) is 0. The highest BCUT2D eigenvalue weighted by atomic mass is 32.2. The molecule has 156 valence electrons. The lowest BCUT2D eigenvalue weighted by Gasteiger charge is -2.29. The molecular weight excluding hydrogens is 392 g/mol. The molecule has 8 heteroatoms. The molecule has 1 saturated heterocycles. The lowest BCUT2D eigenvalue weighted by atomic mass is 10.1. The molecule has 2 heterocycles. The number of ether oxygens (including phenoxy) is 1. The van der Waals surface area contributed by atoms with Crippen LogP contribution in [0.15, 0.2) is 45.9 Å². The van der Waals surface area contributed by atoms with E-state index < -0.39 is 10.0 Å². The van der Waals surface area contributed by atoms with E-state index in [0.29, 0.717) is 31.9 Å². The zero-order valence-electron chi connectivity index (χ0n) is 16.7. The number of nitrogens with zero attached hydrogens (tertiary/aromatic N) is 2. The second-order valence-corrected chi connectivity index (χ2v) is 9.57. The third-order valence-corrected chi connectivity index (χ3v) is 7.49. The van der Waals surface area contributed by atoms with Crippen molar-refractivity contribution >= 4 is 15.9 Å². The molecule has 2 aliphatic rings. The number of hydrogen-bond acceptors (Lipinski definition) is 5. The van der Waals surface area contributed by atoms with Gasteiger partial charge in [0.15, 0.2) is 0 Å². The molecule has 2 fully saturated rings. The van der Waals surface area contributed by atoms with E-state index >= 15 is 0 Å². The predicted molar refractivity (Wildman–Crippen MR) is 107 cm³/mol. The Bertz CT molecular complexity index is 977. The molecule has 0 bridgehead atoms. The molecule has 0 N–H and O–H groups in total. The van der Waals surface area contributed by atoms with Gasteiger partial charge in [0.1, 0.15) is 5.76 Å². The molecule has 1 saturated carbocycles. The van der Waals surface area contributed by atoms with Gasteiger partial charge >= 0.3 is 0 Å². The second kappa shape index (κ2) is 7.93. The molecule has 2 aromatic rings. The van der Waals surface area contributed by atoms with Gasteiger partial charge in [0.05, 0.1) is 30.4 Å². The number of benzene rings is 1. The van der Waals surface area contributed by atoms with Crippen molar-refractivity contribution in [2.75, 3.05) is 26.3 Å². The number of sulfonamides is 1. The highest BCUT2D eigenvalue weighted by molar-refractivity contribution is 7.89. The fraction of sp³-hybridized carbons (Fsp3) is 0.476. The number of carbonyl (C=O) groups excluding carboxylic acids is 1. The fourth-order valence-electron chi connectivity index (χ4n) is 3.74. The van der Waals surface area contributed by atoms with Crippen LogP contribution in [0.5, 0.6) is 0 Å². The Kier molecular flexibility index (Phi) is 5.50. The van der Waals surface area contributed by atoms with Crippen molar-refractivity contribution in [2.24, 2.45) is 0 Å². The molecular formula is C21H26N2O5S. The maximum absolute atomic E-state index is 13.5. The fourth-order valence-corrected chi connectivity index (χ4v) is 5.18. The summed E-state index contributed by atoms with van der Waals surface area (Å²) in [5.74, 6) is 0.563. The number of carbonyl (C=O) groups is 1. The molecule has 1 atom stereocenters.